The number of ether oxygens (including phenoxy) is 2. The highest BCUT2D eigenvalue weighted by Crippen LogP contribution is 2.31. The van der Waals surface area contributed by atoms with Gasteiger partial charge in [0, 0.05) is 17.2 Å². The lowest BCUT2D eigenvalue weighted by atomic mass is 10.0. The molecule has 1 aliphatic heterocycles. The first kappa shape index (κ1) is 20.4. The topological polar surface area (TPSA) is 92.4 Å². The van der Waals surface area contributed by atoms with Crippen LogP contribution in [0.25, 0.3) is 11.3 Å². The van der Waals surface area contributed by atoms with Crippen LogP contribution in [0.3, 0.4) is 0 Å². The Morgan fingerprint density at radius 1 is 1.19 bits per heavy atom. The van der Waals surface area contributed by atoms with E-state index in [0.29, 0.717) is 35.7 Å². The first-order chi connectivity index (χ1) is 15.0. The van der Waals surface area contributed by atoms with Gasteiger partial charge in [0.05, 0.1) is 30.4 Å². The molecule has 0 saturated heterocycles. The SMILES string of the molecule is N#Cc1ccc2cc1CCCOc1cc(c(F)cc1CC(=O)O)-c1cccc(n1)OC2. The van der Waals surface area contributed by atoms with Gasteiger partial charge >= 0.3 is 5.97 Å². The molecular formula is C24H19FN2O4. The second-order valence-electron chi connectivity index (χ2n) is 7.22. The molecule has 0 unspecified atom stereocenters. The molecule has 4 rings (SSSR count). The van der Waals surface area contributed by atoms with Crippen LogP contribution in [0.1, 0.15) is 28.7 Å². The highest BCUT2D eigenvalue weighted by molar-refractivity contribution is 5.73. The fraction of sp³-hybridized carbons (Fsp3) is 0.208. The number of fused-ring (bicyclic) bond motifs is 7. The summed E-state index contributed by atoms with van der Waals surface area (Å²) in [7, 11) is 0. The standard InChI is InChI=1S/C24H19FN2O4/c25-20-10-18(11-24(28)29)22-12-19(20)21-4-1-5-23(27-21)31-14-15-6-7-17(13-26)16(9-15)3-2-8-30-22/h1,4-7,9-10,12H,2-3,8,11,14H2,(H,28,29). The van der Waals surface area contributed by atoms with Crippen LogP contribution in [0.15, 0.2) is 48.5 Å². The summed E-state index contributed by atoms with van der Waals surface area (Å²) in [4.78, 5) is 15.6. The van der Waals surface area contributed by atoms with E-state index >= 15 is 0 Å². The van der Waals surface area contributed by atoms with Gasteiger partial charge in [-0.15, -0.1) is 0 Å². The maximum absolute atomic E-state index is 14.8. The number of aromatic nitrogens is 1. The van der Waals surface area contributed by atoms with Crippen molar-refractivity contribution in [2.45, 2.75) is 25.9 Å². The van der Waals surface area contributed by atoms with Gasteiger partial charge in [0.25, 0.3) is 0 Å². The summed E-state index contributed by atoms with van der Waals surface area (Å²) in [5.74, 6) is -1.03. The second kappa shape index (κ2) is 8.84. The minimum atomic E-state index is -1.08. The molecule has 0 saturated carbocycles. The summed E-state index contributed by atoms with van der Waals surface area (Å²) >= 11 is 0. The molecule has 1 N–H and O–H groups in total. The van der Waals surface area contributed by atoms with E-state index in [1.807, 2.05) is 12.1 Å². The zero-order valence-corrected chi connectivity index (χ0v) is 16.6. The Kier molecular flexibility index (Phi) is 5.80. The van der Waals surface area contributed by atoms with Crippen molar-refractivity contribution in [1.29, 1.82) is 5.26 Å². The zero-order valence-electron chi connectivity index (χ0n) is 16.6. The molecule has 2 heterocycles. The Hall–Kier alpha value is -3.92. The Labute approximate surface area is 178 Å². The van der Waals surface area contributed by atoms with Crippen molar-refractivity contribution < 1.29 is 23.8 Å². The fourth-order valence-corrected chi connectivity index (χ4v) is 3.53. The number of nitriles is 1. The lowest BCUT2D eigenvalue weighted by Gasteiger charge is -2.14. The average Bonchev–Trinajstić information content (AvgIpc) is 2.76. The van der Waals surface area contributed by atoms with Gasteiger partial charge in [-0.1, -0.05) is 18.2 Å². The molecule has 1 aromatic heterocycles. The molecule has 7 heteroatoms. The van der Waals surface area contributed by atoms with Gasteiger partial charge in [-0.2, -0.15) is 5.26 Å². The predicted molar refractivity (Wildman–Crippen MR) is 110 cm³/mol. The fourth-order valence-electron chi connectivity index (χ4n) is 3.53. The van der Waals surface area contributed by atoms with Gasteiger partial charge in [-0.05, 0) is 48.2 Å². The minimum absolute atomic E-state index is 0.205. The van der Waals surface area contributed by atoms with Crippen LogP contribution < -0.4 is 9.47 Å². The van der Waals surface area contributed by atoms with Crippen LogP contribution in [0.2, 0.25) is 0 Å². The van der Waals surface area contributed by atoms with E-state index in [1.165, 1.54) is 12.1 Å². The molecular weight excluding hydrogens is 399 g/mol. The van der Waals surface area contributed by atoms with E-state index in [0.717, 1.165) is 11.1 Å². The number of hydrogen-bond acceptors (Lipinski definition) is 5. The molecule has 6 bridgehead atoms. The number of nitrogens with zero attached hydrogens (tertiary/aromatic N) is 2. The lowest BCUT2D eigenvalue weighted by molar-refractivity contribution is -0.136. The summed E-state index contributed by atoms with van der Waals surface area (Å²) in [6, 6.07) is 15.4. The smallest absolute Gasteiger partial charge is 0.307 e. The second-order valence-corrected chi connectivity index (χ2v) is 7.22. The summed E-state index contributed by atoms with van der Waals surface area (Å²) in [6.45, 7) is 0.549. The maximum Gasteiger partial charge on any atom is 0.307 e. The van der Waals surface area contributed by atoms with E-state index in [-0.39, 0.29) is 30.8 Å². The third-order valence-corrected chi connectivity index (χ3v) is 5.02. The van der Waals surface area contributed by atoms with Gasteiger partial charge in [-0.3, -0.25) is 4.79 Å². The molecule has 0 spiro atoms. The van der Waals surface area contributed by atoms with Gasteiger partial charge in [0.2, 0.25) is 5.88 Å². The third kappa shape index (κ3) is 4.64. The van der Waals surface area contributed by atoms with Crippen molar-refractivity contribution in [2.24, 2.45) is 0 Å². The number of aryl methyl sites for hydroxylation is 1. The van der Waals surface area contributed by atoms with E-state index in [4.69, 9.17) is 9.47 Å². The van der Waals surface area contributed by atoms with Crippen LogP contribution >= 0.6 is 0 Å². The van der Waals surface area contributed by atoms with E-state index in [9.17, 15) is 19.6 Å². The van der Waals surface area contributed by atoms with Gasteiger partial charge < -0.3 is 14.6 Å². The van der Waals surface area contributed by atoms with E-state index < -0.39 is 11.8 Å². The number of benzene rings is 2. The Morgan fingerprint density at radius 2 is 2.06 bits per heavy atom. The number of aliphatic carboxylic acids is 1. The number of carboxylic acid groups (broad SMARTS) is 1. The molecule has 31 heavy (non-hydrogen) atoms. The van der Waals surface area contributed by atoms with Crippen molar-refractivity contribution in [3.63, 3.8) is 0 Å². The molecule has 0 aliphatic carbocycles. The summed E-state index contributed by atoms with van der Waals surface area (Å²) in [5.41, 5.74) is 3.18. The highest BCUT2D eigenvalue weighted by Gasteiger charge is 2.17. The monoisotopic (exact) mass is 418 g/mol. The molecule has 0 fully saturated rings. The van der Waals surface area contributed by atoms with Crippen LogP contribution in [-0.2, 0) is 24.2 Å². The average molecular weight is 418 g/mol. The highest BCUT2D eigenvalue weighted by atomic mass is 19.1. The van der Waals surface area contributed by atoms with Crippen molar-refractivity contribution >= 4 is 5.97 Å². The van der Waals surface area contributed by atoms with Crippen LogP contribution in [-0.4, -0.2) is 22.7 Å². The quantitative estimate of drug-likeness (QED) is 0.667. The number of hydrogen-bond donors (Lipinski definition) is 1. The molecule has 6 nitrogen and oxygen atoms in total. The lowest BCUT2D eigenvalue weighted by Crippen LogP contribution is -2.07. The largest absolute Gasteiger partial charge is 0.493 e. The molecule has 156 valence electrons. The Morgan fingerprint density at radius 3 is 2.87 bits per heavy atom. The molecule has 1 aliphatic rings. The number of rotatable bonds is 2. The van der Waals surface area contributed by atoms with Gasteiger partial charge in [-0.25, -0.2) is 9.37 Å². The molecule has 0 atom stereocenters. The van der Waals surface area contributed by atoms with E-state index in [1.54, 1.807) is 24.3 Å². The van der Waals surface area contributed by atoms with Gasteiger partial charge in [0.1, 0.15) is 18.2 Å². The molecule has 0 radical (unpaired) electrons. The summed E-state index contributed by atoms with van der Waals surface area (Å²) < 4.78 is 26.5. The number of carbonyl (C=O) groups is 1. The normalized spacial score (nSPS) is 13.0. The maximum atomic E-state index is 14.8. The zero-order chi connectivity index (χ0) is 21.8. The van der Waals surface area contributed by atoms with Crippen LogP contribution in [0.4, 0.5) is 4.39 Å². The minimum Gasteiger partial charge on any atom is -0.493 e. The van der Waals surface area contributed by atoms with E-state index in [2.05, 4.69) is 11.1 Å². The van der Waals surface area contributed by atoms with Crippen molar-refractivity contribution in [2.75, 3.05) is 6.61 Å². The molecule has 0 amide bonds. The first-order valence-electron chi connectivity index (χ1n) is 9.82. The molecule has 2 aromatic carbocycles. The summed E-state index contributed by atoms with van der Waals surface area (Å²) in [6.07, 6.45) is 0.846. The van der Waals surface area contributed by atoms with Crippen LogP contribution in [0.5, 0.6) is 11.6 Å². The third-order valence-electron chi connectivity index (χ3n) is 5.02. The van der Waals surface area contributed by atoms with Gasteiger partial charge in [0.15, 0.2) is 0 Å². The van der Waals surface area contributed by atoms with Crippen molar-refractivity contribution in [1.82, 2.24) is 4.98 Å². The van der Waals surface area contributed by atoms with Crippen molar-refractivity contribution in [3.05, 3.63) is 76.6 Å². The first-order valence-corrected chi connectivity index (χ1v) is 9.82. The number of carboxylic acids is 1. The van der Waals surface area contributed by atoms with Crippen LogP contribution in [0, 0.1) is 17.1 Å². The molecule has 3 aromatic rings. The number of pyridine rings is 1. The summed E-state index contributed by atoms with van der Waals surface area (Å²) in [5, 5.41) is 18.6. The van der Waals surface area contributed by atoms with Crippen molar-refractivity contribution in [3.8, 4) is 29.0 Å². The predicted octanol–water partition coefficient (Wildman–Crippen LogP) is 4.29. The Balaban J connectivity index is 1.77. The number of halogens is 1. The Bertz CT molecular complexity index is 1190.